The van der Waals surface area contributed by atoms with Crippen molar-refractivity contribution < 1.29 is 14.3 Å². The summed E-state index contributed by atoms with van der Waals surface area (Å²) in [6.45, 7) is 7.44. The van der Waals surface area contributed by atoms with Crippen LogP contribution in [0.25, 0.3) is 0 Å². The van der Waals surface area contributed by atoms with Crippen LogP contribution in [0.1, 0.15) is 46.5 Å². The number of hydrogen-bond donors (Lipinski definition) is 0. The first-order chi connectivity index (χ1) is 15.8. The van der Waals surface area contributed by atoms with Crippen LogP contribution in [0.5, 0.6) is 11.5 Å². The van der Waals surface area contributed by atoms with E-state index in [4.69, 9.17) is 19.4 Å². The van der Waals surface area contributed by atoms with Crippen molar-refractivity contribution in [2.45, 2.75) is 52.5 Å². The van der Waals surface area contributed by atoms with Gasteiger partial charge in [-0.05, 0) is 45.7 Å². The Hall–Kier alpha value is -3.03. The Bertz CT molecular complexity index is 1020. The van der Waals surface area contributed by atoms with Gasteiger partial charge in [-0.3, -0.25) is 4.79 Å². The van der Waals surface area contributed by atoms with E-state index in [9.17, 15) is 4.79 Å². The molecular formula is C25H35N5O3. The third-order valence-electron chi connectivity index (χ3n) is 6.82. The SMILES string of the molecule is CCN(c1ccc(OC)c(OC)c1)c1ncc2c(n1)N(C1CCCC1)CC(C)(C)C(=O)N2C. The zero-order valence-electron chi connectivity index (χ0n) is 20.6. The molecule has 0 N–H and O–H groups in total. The number of fused-ring (bicyclic) bond motifs is 1. The van der Waals surface area contributed by atoms with Gasteiger partial charge in [0.15, 0.2) is 17.3 Å². The van der Waals surface area contributed by atoms with Crippen molar-refractivity contribution in [3.05, 3.63) is 24.4 Å². The number of ether oxygens (including phenoxy) is 2. The van der Waals surface area contributed by atoms with Gasteiger partial charge in [0, 0.05) is 37.9 Å². The summed E-state index contributed by atoms with van der Waals surface area (Å²) < 4.78 is 10.9. The van der Waals surface area contributed by atoms with Crippen molar-refractivity contribution in [2.24, 2.45) is 5.41 Å². The van der Waals surface area contributed by atoms with Crippen LogP contribution in [0, 0.1) is 5.41 Å². The predicted octanol–water partition coefficient (Wildman–Crippen LogP) is 4.40. The highest BCUT2D eigenvalue weighted by atomic mass is 16.5. The second-order valence-corrected chi connectivity index (χ2v) is 9.48. The van der Waals surface area contributed by atoms with E-state index in [-0.39, 0.29) is 5.91 Å². The van der Waals surface area contributed by atoms with Gasteiger partial charge in [-0.25, -0.2) is 4.98 Å². The van der Waals surface area contributed by atoms with E-state index in [1.807, 2.05) is 44.0 Å². The van der Waals surface area contributed by atoms with Gasteiger partial charge in [0.05, 0.1) is 25.8 Å². The van der Waals surface area contributed by atoms with E-state index >= 15 is 0 Å². The number of hydrogen-bond acceptors (Lipinski definition) is 7. The van der Waals surface area contributed by atoms with Crippen LogP contribution < -0.4 is 24.2 Å². The number of amides is 1. The van der Waals surface area contributed by atoms with E-state index in [2.05, 4.69) is 11.8 Å². The average molecular weight is 454 g/mol. The Morgan fingerprint density at radius 3 is 2.48 bits per heavy atom. The molecule has 178 valence electrons. The number of nitrogens with zero attached hydrogens (tertiary/aromatic N) is 5. The van der Waals surface area contributed by atoms with Crippen LogP contribution in [-0.4, -0.2) is 56.3 Å². The number of anilines is 4. The lowest BCUT2D eigenvalue weighted by atomic mass is 9.91. The lowest BCUT2D eigenvalue weighted by Crippen LogP contribution is -2.45. The molecule has 1 aromatic carbocycles. The smallest absolute Gasteiger partial charge is 0.234 e. The van der Waals surface area contributed by atoms with Crippen LogP contribution in [-0.2, 0) is 4.79 Å². The van der Waals surface area contributed by atoms with Gasteiger partial charge in [0.25, 0.3) is 0 Å². The van der Waals surface area contributed by atoms with Crippen LogP contribution in [0.2, 0.25) is 0 Å². The van der Waals surface area contributed by atoms with Crippen molar-refractivity contribution >= 4 is 29.0 Å². The summed E-state index contributed by atoms with van der Waals surface area (Å²) in [6, 6.07) is 6.19. The number of rotatable bonds is 6. The van der Waals surface area contributed by atoms with E-state index in [0.717, 1.165) is 30.0 Å². The fourth-order valence-electron chi connectivity index (χ4n) is 5.02. The van der Waals surface area contributed by atoms with Crippen molar-refractivity contribution in [3.63, 3.8) is 0 Å². The fourth-order valence-corrected chi connectivity index (χ4v) is 5.02. The summed E-state index contributed by atoms with van der Waals surface area (Å²) in [5.41, 5.74) is 1.18. The van der Waals surface area contributed by atoms with Crippen molar-refractivity contribution in [1.82, 2.24) is 9.97 Å². The fraction of sp³-hybridized carbons (Fsp3) is 0.560. The van der Waals surface area contributed by atoms with Gasteiger partial charge < -0.3 is 24.2 Å². The monoisotopic (exact) mass is 453 g/mol. The molecule has 0 saturated heterocycles. The Morgan fingerprint density at radius 1 is 1.15 bits per heavy atom. The van der Waals surface area contributed by atoms with E-state index < -0.39 is 5.41 Å². The van der Waals surface area contributed by atoms with E-state index in [1.54, 1.807) is 25.3 Å². The maximum Gasteiger partial charge on any atom is 0.234 e. The second kappa shape index (κ2) is 9.08. The molecule has 1 aliphatic heterocycles. The largest absolute Gasteiger partial charge is 0.493 e. The van der Waals surface area contributed by atoms with Gasteiger partial charge >= 0.3 is 0 Å². The number of carbonyl (C=O) groups is 1. The maximum atomic E-state index is 13.2. The molecule has 33 heavy (non-hydrogen) atoms. The molecule has 1 amide bonds. The molecule has 8 heteroatoms. The third kappa shape index (κ3) is 4.18. The van der Waals surface area contributed by atoms with Crippen LogP contribution in [0.4, 0.5) is 23.1 Å². The highest BCUT2D eigenvalue weighted by molar-refractivity contribution is 6.00. The van der Waals surface area contributed by atoms with Crippen LogP contribution in [0.15, 0.2) is 24.4 Å². The second-order valence-electron chi connectivity index (χ2n) is 9.48. The lowest BCUT2D eigenvalue weighted by molar-refractivity contribution is -0.125. The first kappa shape index (κ1) is 23.1. The summed E-state index contributed by atoms with van der Waals surface area (Å²) in [7, 11) is 5.09. The zero-order valence-corrected chi connectivity index (χ0v) is 20.6. The molecule has 0 atom stereocenters. The molecule has 1 aliphatic carbocycles. The molecule has 2 aromatic rings. The molecule has 2 aliphatic rings. The first-order valence-corrected chi connectivity index (χ1v) is 11.7. The molecule has 0 bridgehead atoms. The van der Waals surface area contributed by atoms with Gasteiger partial charge in [-0.2, -0.15) is 4.98 Å². The zero-order chi connectivity index (χ0) is 23.8. The minimum atomic E-state index is -0.508. The van der Waals surface area contributed by atoms with E-state index in [1.165, 1.54) is 12.8 Å². The van der Waals surface area contributed by atoms with Crippen molar-refractivity contribution in [2.75, 3.05) is 49.1 Å². The predicted molar refractivity (Wildman–Crippen MR) is 131 cm³/mol. The van der Waals surface area contributed by atoms with Gasteiger partial charge in [0.2, 0.25) is 11.9 Å². The molecule has 2 heterocycles. The minimum Gasteiger partial charge on any atom is -0.493 e. The number of benzene rings is 1. The third-order valence-corrected chi connectivity index (χ3v) is 6.82. The first-order valence-electron chi connectivity index (χ1n) is 11.7. The Balaban J connectivity index is 1.80. The molecule has 1 aromatic heterocycles. The normalized spacial score (nSPS) is 18.2. The standard InChI is InChI=1S/C25H35N5O3/c1-7-29(18-12-13-20(32-5)21(14-18)33-6)24-26-15-19-22(27-24)30(17-10-8-9-11-17)16-25(2,3)23(31)28(19)4/h12-15,17H,7-11,16H2,1-6H3. The minimum absolute atomic E-state index is 0.0906. The van der Waals surface area contributed by atoms with Crippen molar-refractivity contribution in [1.29, 1.82) is 0 Å². The molecule has 1 saturated carbocycles. The summed E-state index contributed by atoms with van der Waals surface area (Å²) in [5, 5.41) is 0. The molecule has 0 unspecified atom stereocenters. The average Bonchev–Trinajstić information content (AvgIpc) is 3.34. The van der Waals surface area contributed by atoms with Gasteiger partial charge in [0.1, 0.15) is 5.69 Å². The molecule has 8 nitrogen and oxygen atoms in total. The molecule has 0 spiro atoms. The van der Waals surface area contributed by atoms with Crippen LogP contribution in [0.3, 0.4) is 0 Å². The van der Waals surface area contributed by atoms with Gasteiger partial charge in [-0.15, -0.1) is 0 Å². The lowest BCUT2D eigenvalue weighted by Gasteiger charge is -2.34. The molecule has 4 rings (SSSR count). The Labute approximate surface area is 196 Å². The summed E-state index contributed by atoms with van der Waals surface area (Å²) in [4.78, 5) is 29.1. The van der Waals surface area contributed by atoms with Crippen LogP contribution >= 0.6 is 0 Å². The van der Waals surface area contributed by atoms with Gasteiger partial charge in [-0.1, -0.05) is 12.8 Å². The molecule has 1 fully saturated rings. The number of carbonyl (C=O) groups excluding carboxylic acids is 1. The highest BCUT2D eigenvalue weighted by Crippen LogP contribution is 2.41. The summed E-state index contributed by atoms with van der Waals surface area (Å²) in [5.74, 6) is 2.87. The number of methoxy groups -OCH3 is 2. The maximum absolute atomic E-state index is 13.2. The molecule has 0 radical (unpaired) electrons. The van der Waals surface area contributed by atoms with E-state index in [0.29, 0.717) is 36.6 Å². The topological polar surface area (TPSA) is 71.0 Å². The Kier molecular flexibility index (Phi) is 6.36. The number of aromatic nitrogens is 2. The molecular weight excluding hydrogens is 418 g/mol. The summed E-state index contributed by atoms with van der Waals surface area (Å²) in [6.07, 6.45) is 6.47. The highest BCUT2D eigenvalue weighted by Gasteiger charge is 2.41. The quantitative estimate of drug-likeness (QED) is 0.642. The summed E-state index contributed by atoms with van der Waals surface area (Å²) >= 11 is 0. The Morgan fingerprint density at radius 2 is 1.85 bits per heavy atom. The van der Waals surface area contributed by atoms with Crippen molar-refractivity contribution in [3.8, 4) is 11.5 Å².